The minimum Gasteiger partial charge on any atom is -0.456 e. The molecule has 0 amide bonds. The number of hydrogen-bond acceptors (Lipinski definition) is 3. The zero-order chi connectivity index (χ0) is 21.7. The quantitative estimate of drug-likeness (QED) is 0.445. The highest BCUT2D eigenvalue weighted by Gasteiger charge is 2.34. The van der Waals surface area contributed by atoms with Gasteiger partial charge in [-0.15, -0.1) is 0 Å². The number of nitrogens with zero attached hydrogens (tertiary/aromatic N) is 1. The summed E-state index contributed by atoms with van der Waals surface area (Å²) in [6.07, 6.45) is 4.11. The number of allylic oxidation sites excluding steroid dienone is 2. The predicted octanol–water partition coefficient (Wildman–Crippen LogP) is 6.38. The third kappa shape index (κ3) is 3.65. The highest BCUT2D eigenvalue weighted by Crippen LogP contribution is 2.37. The summed E-state index contributed by atoms with van der Waals surface area (Å²) < 4.78 is 6.08. The maximum atomic E-state index is 13.5. The SMILES string of the molecule is CC(C)(C)C1=CC(N=c2c3ccccc3oc3ccccc23)C(=O)C(C(C)(C)C)=C1. The number of para-hydroxylation sites is 2. The van der Waals surface area contributed by atoms with E-state index in [1.165, 1.54) is 0 Å². The Morgan fingerprint density at radius 3 is 1.83 bits per heavy atom. The van der Waals surface area contributed by atoms with E-state index in [2.05, 4.69) is 47.6 Å². The molecule has 0 N–H and O–H groups in total. The summed E-state index contributed by atoms with van der Waals surface area (Å²) in [5.41, 5.74) is 3.20. The summed E-state index contributed by atoms with van der Waals surface area (Å²) in [4.78, 5) is 18.5. The fourth-order valence-corrected chi connectivity index (χ4v) is 3.87. The van der Waals surface area contributed by atoms with E-state index in [1.54, 1.807) is 0 Å². The average molecular weight is 400 g/mol. The summed E-state index contributed by atoms with van der Waals surface area (Å²) in [7, 11) is 0. The van der Waals surface area contributed by atoms with Crippen LogP contribution in [0, 0.1) is 10.8 Å². The molecule has 2 aromatic carbocycles. The zero-order valence-electron chi connectivity index (χ0n) is 18.6. The number of carbonyl (C=O) groups excluding carboxylic acids is 1. The summed E-state index contributed by atoms with van der Waals surface area (Å²) in [6.45, 7) is 12.8. The van der Waals surface area contributed by atoms with Crippen LogP contribution in [0.4, 0.5) is 0 Å². The number of ketones is 1. The lowest BCUT2D eigenvalue weighted by Gasteiger charge is -2.31. The van der Waals surface area contributed by atoms with Crippen LogP contribution >= 0.6 is 0 Å². The molecule has 0 fully saturated rings. The third-order valence-electron chi connectivity index (χ3n) is 5.62. The number of rotatable bonds is 1. The van der Waals surface area contributed by atoms with Crippen molar-refractivity contribution in [3.05, 3.63) is 77.2 Å². The first-order valence-electron chi connectivity index (χ1n) is 10.5. The first-order valence-corrected chi connectivity index (χ1v) is 10.5. The third-order valence-corrected chi connectivity index (χ3v) is 5.62. The maximum Gasteiger partial charge on any atom is 0.187 e. The monoisotopic (exact) mass is 399 g/mol. The number of hydrogen-bond donors (Lipinski definition) is 0. The van der Waals surface area contributed by atoms with Crippen molar-refractivity contribution >= 4 is 27.7 Å². The minimum absolute atomic E-state index is 0.0683. The van der Waals surface area contributed by atoms with Crippen LogP contribution in [0.5, 0.6) is 0 Å². The Balaban J connectivity index is 2.03. The van der Waals surface area contributed by atoms with Crippen molar-refractivity contribution in [2.45, 2.75) is 47.6 Å². The van der Waals surface area contributed by atoms with Gasteiger partial charge in [0.1, 0.15) is 17.2 Å². The lowest BCUT2D eigenvalue weighted by molar-refractivity contribution is -0.116. The van der Waals surface area contributed by atoms with Crippen LogP contribution in [0.2, 0.25) is 0 Å². The molecule has 154 valence electrons. The molecule has 1 aromatic heterocycles. The van der Waals surface area contributed by atoms with Gasteiger partial charge in [0.15, 0.2) is 5.78 Å². The van der Waals surface area contributed by atoms with Gasteiger partial charge in [-0.25, -0.2) is 0 Å². The Kier molecular flexibility index (Phi) is 4.80. The van der Waals surface area contributed by atoms with Crippen LogP contribution in [0.25, 0.3) is 21.9 Å². The molecule has 0 aliphatic heterocycles. The van der Waals surface area contributed by atoms with Crippen LogP contribution in [0.15, 0.2) is 81.2 Å². The average Bonchev–Trinajstić information content (AvgIpc) is 2.67. The lowest BCUT2D eigenvalue weighted by Crippen LogP contribution is -2.32. The Morgan fingerprint density at radius 1 is 0.800 bits per heavy atom. The first-order chi connectivity index (χ1) is 14.1. The van der Waals surface area contributed by atoms with E-state index < -0.39 is 6.04 Å². The minimum atomic E-state index is -0.548. The molecule has 1 atom stereocenters. The van der Waals surface area contributed by atoms with Crippen LogP contribution in [-0.2, 0) is 4.79 Å². The molecule has 0 saturated heterocycles. The molecule has 0 spiro atoms. The van der Waals surface area contributed by atoms with Crippen molar-refractivity contribution in [2.24, 2.45) is 15.8 Å². The highest BCUT2D eigenvalue weighted by atomic mass is 16.3. The predicted molar refractivity (Wildman–Crippen MR) is 123 cm³/mol. The molecule has 3 aromatic rings. The van der Waals surface area contributed by atoms with E-state index in [1.807, 2.05) is 54.6 Å². The van der Waals surface area contributed by atoms with E-state index in [0.29, 0.717) is 0 Å². The second-order valence-corrected chi connectivity index (χ2v) is 10.1. The van der Waals surface area contributed by atoms with Gasteiger partial charge in [0.25, 0.3) is 0 Å². The molecule has 3 nitrogen and oxygen atoms in total. The molecule has 1 unspecified atom stereocenters. The molecule has 0 saturated carbocycles. The Hall–Kier alpha value is -2.94. The molecule has 3 heteroatoms. The van der Waals surface area contributed by atoms with E-state index in [9.17, 15) is 4.79 Å². The molecule has 1 heterocycles. The topological polar surface area (TPSA) is 42.6 Å². The molecule has 0 bridgehead atoms. The van der Waals surface area contributed by atoms with Crippen molar-refractivity contribution in [3.8, 4) is 0 Å². The highest BCUT2D eigenvalue weighted by molar-refractivity contribution is 6.04. The van der Waals surface area contributed by atoms with Crippen molar-refractivity contribution in [2.75, 3.05) is 0 Å². The fraction of sp³-hybridized carbons (Fsp3) is 0.333. The standard InChI is InChI=1S/C27H29NO2/c1-26(2,3)17-15-20(27(4,5)6)25(29)21(16-17)28-24-18-11-7-9-13-22(18)30-23-14-10-8-12-19(23)24/h7-16,21H,1-6H3. The summed E-state index contributed by atoms with van der Waals surface area (Å²) in [5.74, 6) is 0.0736. The van der Waals surface area contributed by atoms with Gasteiger partial charge in [-0.05, 0) is 46.7 Å². The molecular formula is C27H29NO2. The van der Waals surface area contributed by atoms with E-state index in [0.717, 1.165) is 38.4 Å². The van der Waals surface area contributed by atoms with Gasteiger partial charge in [-0.1, -0.05) is 71.9 Å². The Bertz CT molecular complexity index is 1220. The zero-order valence-corrected chi connectivity index (χ0v) is 18.6. The molecule has 4 rings (SSSR count). The molecule has 1 aliphatic rings. The smallest absolute Gasteiger partial charge is 0.187 e. The Morgan fingerprint density at radius 2 is 1.33 bits per heavy atom. The van der Waals surface area contributed by atoms with Crippen LogP contribution in [0.3, 0.4) is 0 Å². The van der Waals surface area contributed by atoms with Crippen LogP contribution < -0.4 is 5.36 Å². The van der Waals surface area contributed by atoms with E-state index in [-0.39, 0.29) is 16.6 Å². The molecule has 0 radical (unpaired) electrons. The van der Waals surface area contributed by atoms with Crippen molar-refractivity contribution in [3.63, 3.8) is 0 Å². The number of carbonyl (C=O) groups is 1. The van der Waals surface area contributed by atoms with E-state index >= 15 is 0 Å². The van der Waals surface area contributed by atoms with Gasteiger partial charge in [0, 0.05) is 16.3 Å². The van der Waals surface area contributed by atoms with Crippen molar-refractivity contribution in [1.82, 2.24) is 0 Å². The summed E-state index contributed by atoms with van der Waals surface area (Å²) in [5, 5.41) is 2.65. The fourth-order valence-electron chi connectivity index (χ4n) is 3.87. The van der Waals surface area contributed by atoms with Gasteiger partial charge in [0.2, 0.25) is 0 Å². The van der Waals surface area contributed by atoms with Crippen molar-refractivity contribution in [1.29, 1.82) is 0 Å². The largest absolute Gasteiger partial charge is 0.456 e. The molecule has 30 heavy (non-hydrogen) atoms. The normalized spacial score (nSPS) is 17.8. The van der Waals surface area contributed by atoms with Gasteiger partial charge in [-0.2, -0.15) is 0 Å². The lowest BCUT2D eigenvalue weighted by atomic mass is 9.73. The first kappa shape index (κ1) is 20.3. The van der Waals surface area contributed by atoms with Crippen molar-refractivity contribution < 1.29 is 9.21 Å². The number of benzene rings is 2. The number of fused-ring (bicyclic) bond motifs is 2. The number of Topliss-reactive ketones (excluding diaryl/α,β-unsaturated/α-hetero) is 1. The van der Waals surface area contributed by atoms with Gasteiger partial charge in [0.05, 0.1) is 5.36 Å². The Labute approximate surface area is 177 Å². The molecular weight excluding hydrogens is 370 g/mol. The van der Waals surface area contributed by atoms with Crippen LogP contribution in [0.1, 0.15) is 41.5 Å². The van der Waals surface area contributed by atoms with Gasteiger partial charge in [-0.3, -0.25) is 9.79 Å². The second-order valence-electron chi connectivity index (χ2n) is 10.1. The second kappa shape index (κ2) is 7.09. The van der Waals surface area contributed by atoms with Gasteiger partial charge >= 0.3 is 0 Å². The van der Waals surface area contributed by atoms with Gasteiger partial charge < -0.3 is 4.42 Å². The molecule has 1 aliphatic carbocycles. The summed E-state index contributed by atoms with van der Waals surface area (Å²) >= 11 is 0. The van der Waals surface area contributed by atoms with E-state index in [4.69, 9.17) is 9.41 Å². The summed E-state index contributed by atoms with van der Waals surface area (Å²) in [6, 6.07) is 15.2. The maximum absolute atomic E-state index is 13.5. The van der Waals surface area contributed by atoms with Crippen LogP contribution in [-0.4, -0.2) is 11.8 Å².